The summed E-state index contributed by atoms with van der Waals surface area (Å²) in [5.74, 6) is -2.00. The number of carboxylic acid groups (broad SMARTS) is 1. The van der Waals surface area contributed by atoms with E-state index in [-0.39, 0.29) is 6.61 Å². The lowest BCUT2D eigenvalue weighted by Crippen LogP contribution is -2.21. The molecule has 1 aromatic rings. The van der Waals surface area contributed by atoms with Crippen molar-refractivity contribution in [3.63, 3.8) is 0 Å². The molecule has 0 saturated heterocycles. The molecule has 19 heavy (non-hydrogen) atoms. The second kappa shape index (κ2) is 5.87. The van der Waals surface area contributed by atoms with Crippen LogP contribution < -0.4 is 4.74 Å². The van der Waals surface area contributed by atoms with Gasteiger partial charge in [-0.1, -0.05) is 0 Å². The molecule has 5 nitrogen and oxygen atoms in total. The van der Waals surface area contributed by atoms with Gasteiger partial charge in [0.25, 0.3) is 0 Å². The molecule has 1 aromatic heterocycles. The van der Waals surface area contributed by atoms with Crippen molar-refractivity contribution in [1.82, 2.24) is 9.88 Å². The van der Waals surface area contributed by atoms with Crippen molar-refractivity contribution in [2.75, 3.05) is 27.2 Å². The largest absolute Gasteiger partial charge is 0.490 e. The minimum atomic E-state index is -4.69. The average Bonchev–Trinajstić information content (AvgIpc) is 2.27. The standard InChI is InChI=1S/C11H13F3N2O3/c1-16(2)3-4-19-9-6-15-8(10(17)18)5-7(9)11(12,13)14/h5-6H,3-4H2,1-2H3,(H,17,18). The fourth-order valence-corrected chi connectivity index (χ4v) is 1.23. The highest BCUT2D eigenvalue weighted by Crippen LogP contribution is 2.36. The highest BCUT2D eigenvalue weighted by atomic mass is 19.4. The minimum Gasteiger partial charge on any atom is -0.490 e. The van der Waals surface area contributed by atoms with E-state index in [0.29, 0.717) is 12.6 Å². The Morgan fingerprint density at radius 3 is 2.58 bits per heavy atom. The Balaban J connectivity index is 3.00. The number of hydrogen-bond donors (Lipinski definition) is 1. The van der Waals surface area contributed by atoms with E-state index in [1.807, 2.05) is 0 Å². The fourth-order valence-electron chi connectivity index (χ4n) is 1.23. The fraction of sp³-hybridized carbons (Fsp3) is 0.455. The zero-order valence-electron chi connectivity index (χ0n) is 10.4. The summed E-state index contributed by atoms with van der Waals surface area (Å²) < 4.78 is 43.3. The summed E-state index contributed by atoms with van der Waals surface area (Å²) in [4.78, 5) is 15.8. The Morgan fingerprint density at radius 1 is 1.47 bits per heavy atom. The monoisotopic (exact) mass is 278 g/mol. The number of halogens is 3. The summed E-state index contributed by atoms with van der Waals surface area (Å²) in [5, 5.41) is 8.64. The summed E-state index contributed by atoms with van der Waals surface area (Å²) in [6, 6.07) is 0.466. The van der Waals surface area contributed by atoms with Gasteiger partial charge in [-0.2, -0.15) is 13.2 Å². The molecule has 0 aromatic carbocycles. The normalized spacial score (nSPS) is 11.7. The average molecular weight is 278 g/mol. The molecule has 0 atom stereocenters. The van der Waals surface area contributed by atoms with E-state index in [4.69, 9.17) is 9.84 Å². The number of hydrogen-bond acceptors (Lipinski definition) is 4. The van der Waals surface area contributed by atoms with E-state index in [9.17, 15) is 18.0 Å². The third-order valence-electron chi connectivity index (χ3n) is 2.19. The Bertz CT molecular complexity index is 461. The van der Waals surface area contributed by atoms with Crippen LogP contribution in [0.2, 0.25) is 0 Å². The molecule has 0 spiro atoms. The van der Waals surface area contributed by atoms with Gasteiger partial charge in [-0.25, -0.2) is 9.78 Å². The number of aromatic carboxylic acids is 1. The molecule has 0 unspecified atom stereocenters. The van der Waals surface area contributed by atoms with Crippen LogP contribution >= 0.6 is 0 Å². The Kier molecular flexibility index (Phi) is 4.71. The van der Waals surface area contributed by atoms with E-state index in [2.05, 4.69) is 4.98 Å². The van der Waals surface area contributed by atoms with Crippen LogP contribution in [-0.4, -0.2) is 48.2 Å². The maximum Gasteiger partial charge on any atom is 0.420 e. The minimum absolute atomic E-state index is 0.0458. The molecule has 0 aliphatic rings. The molecule has 0 saturated carbocycles. The number of rotatable bonds is 5. The highest BCUT2D eigenvalue weighted by molar-refractivity contribution is 5.85. The van der Waals surface area contributed by atoms with Crippen molar-refractivity contribution >= 4 is 5.97 Å². The van der Waals surface area contributed by atoms with Gasteiger partial charge < -0.3 is 14.7 Å². The van der Waals surface area contributed by atoms with E-state index in [1.165, 1.54) is 0 Å². The van der Waals surface area contributed by atoms with Crippen molar-refractivity contribution in [2.45, 2.75) is 6.18 Å². The summed E-state index contributed by atoms with van der Waals surface area (Å²) in [6.07, 6.45) is -3.91. The van der Waals surface area contributed by atoms with Crippen LogP contribution in [0.5, 0.6) is 5.75 Å². The Morgan fingerprint density at radius 2 is 2.11 bits per heavy atom. The SMILES string of the molecule is CN(C)CCOc1cnc(C(=O)O)cc1C(F)(F)F. The number of ether oxygens (including phenoxy) is 1. The van der Waals surface area contributed by atoms with E-state index >= 15 is 0 Å². The molecule has 8 heteroatoms. The van der Waals surface area contributed by atoms with Crippen molar-refractivity contribution in [3.8, 4) is 5.75 Å². The maximum atomic E-state index is 12.8. The molecule has 0 aliphatic heterocycles. The molecule has 0 fully saturated rings. The molecule has 0 aliphatic carbocycles. The van der Waals surface area contributed by atoms with Crippen molar-refractivity contribution in [1.29, 1.82) is 0 Å². The maximum absolute atomic E-state index is 12.8. The van der Waals surface area contributed by atoms with Gasteiger partial charge in [-0.3, -0.25) is 0 Å². The van der Waals surface area contributed by atoms with Gasteiger partial charge in [0.15, 0.2) is 0 Å². The summed E-state index contributed by atoms with van der Waals surface area (Å²) in [5.41, 5.74) is -1.81. The van der Waals surface area contributed by atoms with Crippen LogP contribution in [-0.2, 0) is 6.18 Å². The first kappa shape index (κ1) is 15.2. The predicted octanol–water partition coefficient (Wildman–Crippen LogP) is 1.74. The molecule has 106 valence electrons. The lowest BCUT2D eigenvalue weighted by Gasteiger charge is -2.15. The molecular weight excluding hydrogens is 265 g/mol. The zero-order valence-corrected chi connectivity index (χ0v) is 10.4. The van der Waals surface area contributed by atoms with Crippen LogP contribution in [0.25, 0.3) is 0 Å². The van der Waals surface area contributed by atoms with E-state index in [0.717, 1.165) is 6.20 Å². The lowest BCUT2D eigenvalue weighted by atomic mass is 10.2. The number of nitrogens with zero attached hydrogens (tertiary/aromatic N) is 2. The quantitative estimate of drug-likeness (QED) is 0.888. The Hall–Kier alpha value is -1.83. The molecule has 1 N–H and O–H groups in total. The summed E-state index contributed by atoms with van der Waals surface area (Å²) in [7, 11) is 3.50. The van der Waals surface area contributed by atoms with Crippen LogP contribution in [0.3, 0.4) is 0 Å². The molecule has 0 bridgehead atoms. The van der Waals surface area contributed by atoms with Crippen molar-refractivity contribution in [3.05, 3.63) is 23.5 Å². The van der Waals surface area contributed by atoms with Crippen molar-refractivity contribution in [2.24, 2.45) is 0 Å². The first-order chi connectivity index (χ1) is 8.71. The van der Waals surface area contributed by atoms with E-state index < -0.39 is 29.2 Å². The second-order valence-corrected chi connectivity index (χ2v) is 4.02. The van der Waals surface area contributed by atoms with Gasteiger partial charge >= 0.3 is 12.1 Å². The van der Waals surface area contributed by atoms with Crippen LogP contribution in [0, 0.1) is 0 Å². The topological polar surface area (TPSA) is 62.7 Å². The number of pyridine rings is 1. The first-order valence-electron chi connectivity index (χ1n) is 5.30. The van der Waals surface area contributed by atoms with Crippen LogP contribution in [0.15, 0.2) is 12.3 Å². The number of carboxylic acids is 1. The predicted molar refractivity (Wildman–Crippen MR) is 60.2 cm³/mol. The van der Waals surface area contributed by atoms with Gasteiger partial charge in [-0.05, 0) is 20.2 Å². The van der Waals surface area contributed by atoms with Gasteiger partial charge in [0.2, 0.25) is 0 Å². The van der Waals surface area contributed by atoms with Crippen LogP contribution in [0.1, 0.15) is 16.1 Å². The molecule has 1 heterocycles. The molecule has 1 rings (SSSR count). The number of likely N-dealkylation sites (N-methyl/N-ethyl adjacent to an activating group) is 1. The molecular formula is C11H13F3N2O3. The first-order valence-corrected chi connectivity index (χ1v) is 5.30. The highest BCUT2D eigenvalue weighted by Gasteiger charge is 2.35. The third kappa shape index (κ3) is 4.40. The van der Waals surface area contributed by atoms with Gasteiger partial charge in [-0.15, -0.1) is 0 Å². The smallest absolute Gasteiger partial charge is 0.420 e. The zero-order chi connectivity index (χ0) is 14.6. The Labute approximate surface area is 107 Å². The van der Waals surface area contributed by atoms with E-state index in [1.54, 1.807) is 19.0 Å². The van der Waals surface area contributed by atoms with Crippen molar-refractivity contribution < 1.29 is 27.8 Å². The lowest BCUT2D eigenvalue weighted by molar-refractivity contribution is -0.139. The number of alkyl halides is 3. The number of carbonyl (C=O) groups is 1. The second-order valence-electron chi connectivity index (χ2n) is 4.02. The van der Waals surface area contributed by atoms with Gasteiger partial charge in [0.05, 0.1) is 6.20 Å². The molecule has 0 amide bonds. The van der Waals surface area contributed by atoms with Gasteiger partial charge in [0, 0.05) is 6.54 Å². The number of aromatic nitrogens is 1. The van der Waals surface area contributed by atoms with Crippen LogP contribution in [0.4, 0.5) is 13.2 Å². The molecule has 0 radical (unpaired) electrons. The van der Waals surface area contributed by atoms with Gasteiger partial charge in [0.1, 0.15) is 23.6 Å². The summed E-state index contributed by atoms with van der Waals surface area (Å²) >= 11 is 0. The summed E-state index contributed by atoms with van der Waals surface area (Å²) in [6.45, 7) is 0.474. The third-order valence-corrected chi connectivity index (χ3v) is 2.19.